The molecule has 3 heterocycles. The summed E-state index contributed by atoms with van der Waals surface area (Å²) in [5.41, 5.74) is 5.86. The van der Waals surface area contributed by atoms with Crippen molar-refractivity contribution in [3.05, 3.63) is 90.0 Å². The van der Waals surface area contributed by atoms with Crippen LogP contribution in [0.3, 0.4) is 0 Å². The van der Waals surface area contributed by atoms with Crippen molar-refractivity contribution in [1.82, 2.24) is 39.3 Å². The molecule has 0 bridgehead atoms. The molecule has 0 saturated heterocycles. The van der Waals surface area contributed by atoms with Crippen LogP contribution in [-0.2, 0) is 26.7 Å². The second-order valence-corrected chi connectivity index (χ2v) is 10.4. The Kier molecular flexibility index (Phi) is 8.54. The molecule has 0 amide bonds. The first-order chi connectivity index (χ1) is 19.1. The molecule has 0 spiro atoms. The number of nitrogens with one attached hydrogen (secondary N) is 2. The molecule has 2 aromatic carbocycles. The van der Waals surface area contributed by atoms with Crippen molar-refractivity contribution in [1.29, 1.82) is 0 Å². The summed E-state index contributed by atoms with van der Waals surface area (Å²) in [5, 5.41) is 0. The molecular formula is C31H40N8. The third kappa shape index (κ3) is 6.29. The van der Waals surface area contributed by atoms with Crippen LogP contribution in [0, 0.1) is 0 Å². The molecule has 204 valence electrons. The van der Waals surface area contributed by atoms with Gasteiger partial charge in [-0.05, 0) is 56.1 Å². The van der Waals surface area contributed by atoms with Crippen LogP contribution < -0.4 is 0 Å². The number of H-pyrrole nitrogens is 2. The molecular weight excluding hydrogens is 484 g/mol. The van der Waals surface area contributed by atoms with E-state index in [1.54, 1.807) is 12.4 Å². The SMILES string of the molecule is CCCN(CCC)Cc1ccc(-c2nc3ccc(CN(Cc4ncc[nH]4)C(C)c4ncc[nH]4)cc3n2C)cc1. The minimum atomic E-state index is 0.104. The van der Waals surface area contributed by atoms with E-state index in [1.165, 1.54) is 24.0 Å². The van der Waals surface area contributed by atoms with Crippen LogP contribution >= 0.6 is 0 Å². The minimum absolute atomic E-state index is 0.104. The van der Waals surface area contributed by atoms with Gasteiger partial charge in [-0.1, -0.05) is 44.2 Å². The Morgan fingerprint density at radius 2 is 1.56 bits per heavy atom. The van der Waals surface area contributed by atoms with Gasteiger partial charge in [-0.15, -0.1) is 0 Å². The zero-order valence-electron chi connectivity index (χ0n) is 23.6. The van der Waals surface area contributed by atoms with Gasteiger partial charge in [-0.3, -0.25) is 9.80 Å². The van der Waals surface area contributed by atoms with Crippen molar-refractivity contribution in [3.63, 3.8) is 0 Å². The predicted octanol–water partition coefficient (Wildman–Crippen LogP) is 6.07. The fraction of sp³-hybridized carbons (Fsp3) is 0.387. The molecule has 0 aliphatic carbocycles. The van der Waals surface area contributed by atoms with E-state index in [0.29, 0.717) is 6.54 Å². The Balaban J connectivity index is 1.36. The molecule has 3 aromatic heterocycles. The van der Waals surface area contributed by atoms with E-state index in [9.17, 15) is 0 Å². The second kappa shape index (κ2) is 12.4. The van der Waals surface area contributed by atoms with Crippen LogP contribution in [0.5, 0.6) is 0 Å². The van der Waals surface area contributed by atoms with E-state index in [2.05, 4.69) is 105 Å². The summed E-state index contributed by atoms with van der Waals surface area (Å²) in [4.78, 5) is 25.4. The minimum Gasteiger partial charge on any atom is -0.348 e. The third-order valence-corrected chi connectivity index (χ3v) is 7.40. The molecule has 0 aliphatic rings. The van der Waals surface area contributed by atoms with Crippen molar-refractivity contribution in [2.75, 3.05) is 13.1 Å². The van der Waals surface area contributed by atoms with Gasteiger partial charge in [0.25, 0.3) is 0 Å². The molecule has 1 unspecified atom stereocenters. The van der Waals surface area contributed by atoms with Crippen molar-refractivity contribution in [2.24, 2.45) is 7.05 Å². The van der Waals surface area contributed by atoms with Gasteiger partial charge in [0.1, 0.15) is 17.5 Å². The highest BCUT2D eigenvalue weighted by Gasteiger charge is 2.20. The first-order valence-electron chi connectivity index (χ1n) is 14.0. The quantitative estimate of drug-likeness (QED) is 0.195. The third-order valence-electron chi connectivity index (χ3n) is 7.40. The van der Waals surface area contributed by atoms with Gasteiger partial charge < -0.3 is 14.5 Å². The largest absolute Gasteiger partial charge is 0.348 e. The molecule has 5 rings (SSSR count). The highest BCUT2D eigenvalue weighted by Crippen LogP contribution is 2.27. The number of rotatable bonds is 13. The van der Waals surface area contributed by atoms with Crippen LogP contribution in [0.4, 0.5) is 0 Å². The van der Waals surface area contributed by atoms with Gasteiger partial charge in [0.2, 0.25) is 0 Å². The standard InChI is InChI=1S/C31H40N8/c1-5-17-38(18-6-2)20-24-7-10-26(11-8-24)31-36-27-12-9-25(19-28(27)37(31)4)21-39(22-29-32-13-14-33-29)23(3)30-34-15-16-35-30/h7-16,19,23H,5-6,17-18,20-22H2,1-4H3,(H,32,33)(H,34,35). The van der Waals surface area contributed by atoms with E-state index in [-0.39, 0.29) is 6.04 Å². The number of hydrogen-bond acceptors (Lipinski definition) is 5. The van der Waals surface area contributed by atoms with Crippen LogP contribution in [0.25, 0.3) is 22.4 Å². The van der Waals surface area contributed by atoms with E-state index < -0.39 is 0 Å². The van der Waals surface area contributed by atoms with E-state index >= 15 is 0 Å². The lowest BCUT2D eigenvalue weighted by Crippen LogP contribution is -2.27. The zero-order valence-corrected chi connectivity index (χ0v) is 23.6. The number of aromatic amines is 2. The van der Waals surface area contributed by atoms with Crippen LogP contribution in [0.2, 0.25) is 0 Å². The number of aryl methyl sites for hydroxylation is 1. The summed E-state index contributed by atoms with van der Waals surface area (Å²) in [5.74, 6) is 2.87. The zero-order chi connectivity index (χ0) is 27.2. The lowest BCUT2D eigenvalue weighted by atomic mass is 10.1. The lowest BCUT2D eigenvalue weighted by Gasteiger charge is -2.27. The molecule has 8 heteroatoms. The number of aromatic nitrogens is 6. The first kappa shape index (κ1) is 26.8. The molecule has 0 aliphatic heterocycles. The maximum Gasteiger partial charge on any atom is 0.140 e. The number of benzene rings is 2. The highest BCUT2D eigenvalue weighted by atomic mass is 15.2. The molecule has 1 atom stereocenters. The molecule has 5 aromatic rings. The topological polar surface area (TPSA) is 81.7 Å². The van der Waals surface area contributed by atoms with Crippen LogP contribution in [0.15, 0.2) is 67.3 Å². The molecule has 0 fully saturated rings. The van der Waals surface area contributed by atoms with Gasteiger partial charge in [0.05, 0.1) is 23.6 Å². The Hall–Kier alpha value is -3.75. The lowest BCUT2D eigenvalue weighted by molar-refractivity contribution is 0.181. The summed E-state index contributed by atoms with van der Waals surface area (Å²) < 4.78 is 2.21. The van der Waals surface area contributed by atoms with Crippen LogP contribution in [0.1, 0.15) is 62.4 Å². The van der Waals surface area contributed by atoms with Gasteiger partial charge in [0, 0.05) is 50.5 Å². The Bertz CT molecular complexity index is 1430. The molecule has 0 saturated carbocycles. The second-order valence-electron chi connectivity index (χ2n) is 10.4. The van der Waals surface area contributed by atoms with Crippen molar-refractivity contribution < 1.29 is 0 Å². The number of imidazole rings is 3. The van der Waals surface area contributed by atoms with Crippen molar-refractivity contribution >= 4 is 11.0 Å². The van der Waals surface area contributed by atoms with Crippen molar-refractivity contribution in [3.8, 4) is 11.4 Å². The Morgan fingerprint density at radius 3 is 2.23 bits per heavy atom. The van der Waals surface area contributed by atoms with Gasteiger partial charge in [0.15, 0.2) is 0 Å². The van der Waals surface area contributed by atoms with E-state index in [0.717, 1.165) is 60.2 Å². The first-order valence-corrected chi connectivity index (χ1v) is 14.0. The maximum atomic E-state index is 5.00. The molecule has 0 radical (unpaired) electrons. The van der Waals surface area contributed by atoms with Gasteiger partial charge >= 0.3 is 0 Å². The van der Waals surface area contributed by atoms with E-state index in [1.807, 2.05) is 12.4 Å². The van der Waals surface area contributed by atoms with Gasteiger partial charge in [-0.25, -0.2) is 15.0 Å². The van der Waals surface area contributed by atoms with Gasteiger partial charge in [-0.2, -0.15) is 0 Å². The fourth-order valence-electron chi connectivity index (χ4n) is 5.33. The summed E-state index contributed by atoms with van der Waals surface area (Å²) >= 11 is 0. The number of fused-ring (bicyclic) bond motifs is 1. The molecule has 2 N–H and O–H groups in total. The maximum absolute atomic E-state index is 5.00. The summed E-state index contributed by atoms with van der Waals surface area (Å²) in [6.45, 7) is 11.4. The Labute approximate surface area is 231 Å². The van der Waals surface area contributed by atoms with Crippen molar-refractivity contribution in [2.45, 2.75) is 59.3 Å². The number of nitrogens with zero attached hydrogens (tertiary/aromatic N) is 6. The molecule has 8 nitrogen and oxygen atoms in total. The van der Waals surface area contributed by atoms with E-state index in [4.69, 9.17) is 4.98 Å². The summed E-state index contributed by atoms with van der Waals surface area (Å²) in [6.07, 6.45) is 9.71. The monoisotopic (exact) mass is 524 g/mol. The number of hydrogen-bond donors (Lipinski definition) is 2. The summed E-state index contributed by atoms with van der Waals surface area (Å²) in [6, 6.07) is 15.6. The fourth-order valence-corrected chi connectivity index (χ4v) is 5.33. The molecule has 39 heavy (non-hydrogen) atoms. The Morgan fingerprint density at radius 1 is 0.846 bits per heavy atom. The summed E-state index contributed by atoms with van der Waals surface area (Å²) in [7, 11) is 2.11. The highest BCUT2D eigenvalue weighted by molar-refractivity contribution is 5.81. The smallest absolute Gasteiger partial charge is 0.140 e. The predicted molar refractivity (Wildman–Crippen MR) is 157 cm³/mol. The normalized spacial score (nSPS) is 12.7. The average molecular weight is 525 g/mol. The van der Waals surface area contributed by atoms with Crippen LogP contribution in [-0.4, -0.2) is 52.4 Å². The average Bonchev–Trinajstić information content (AvgIpc) is 3.72.